The summed E-state index contributed by atoms with van der Waals surface area (Å²) in [6.07, 6.45) is 8.66. The van der Waals surface area contributed by atoms with Crippen molar-refractivity contribution in [3.63, 3.8) is 0 Å². The van der Waals surface area contributed by atoms with E-state index in [0.29, 0.717) is 18.9 Å². The number of nitriles is 1. The van der Waals surface area contributed by atoms with Crippen LogP contribution >= 0.6 is 11.8 Å². The Labute approximate surface area is 179 Å². The molecular formula is C23H34N4OS. The van der Waals surface area contributed by atoms with Gasteiger partial charge in [0.15, 0.2) is 0 Å². The average molecular weight is 415 g/mol. The van der Waals surface area contributed by atoms with Gasteiger partial charge in [-0.15, -0.1) is 11.8 Å². The second-order valence-corrected chi connectivity index (χ2v) is 9.14. The first-order chi connectivity index (χ1) is 14.2. The summed E-state index contributed by atoms with van der Waals surface area (Å²) >= 11 is 1.80. The van der Waals surface area contributed by atoms with Gasteiger partial charge in [-0.05, 0) is 69.0 Å². The van der Waals surface area contributed by atoms with Crippen molar-refractivity contribution in [2.75, 3.05) is 43.9 Å². The van der Waals surface area contributed by atoms with Gasteiger partial charge < -0.3 is 10.2 Å². The number of amides is 1. The number of carbonyl (C=O) groups is 1. The van der Waals surface area contributed by atoms with Crippen LogP contribution in [-0.2, 0) is 4.79 Å². The predicted molar refractivity (Wildman–Crippen MR) is 120 cm³/mol. The zero-order valence-corrected chi connectivity index (χ0v) is 18.4. The maximum absolute atomic E-state index is 11.8. The maximum Gasteiger partial charge on any atom is 0.221 e. The fourth-order valence-corrected chi connectivity index (χ4v) is 4.92. The van der Waals surface area contributed by atoms with Crippen LogP contribution < -0.4 is 10.2 Å². The molecule has 0 spiro atoms. The van der Waals surface area contributed by atoms with E-state index in [2.05, 4.69) is 45.6 Å². The summed E-state index contributed by atoms with van der Waals surface area (Å²) in [5.74, 6) is 0.828. The van der Waals surface area contributed by atoms with E-state index in [0.717, 1.165) is 44.9 Å². The highest BCUT2D eigenvalue weighted by Gasteiger charge is 2.24. The van der Waals surface area contributed by atoms with Crippen molar-refractivity contribution < 1.29 is 4.79 Å². The van der Waals surface area contributed by atoms with Crippen molar-refractivity contribution in [2.24, 2.45) is 5.92 Å². The molecule has 1 heterocycles. The van der Waals surface area contributed by atoms with Crippen molar-refractivity contribution in [3.05, 3.63) is 24.3 Å². The van der Waals surface area contributed by atoms with Crippen molar-refractivity contribution in [1.29, 1.82) is 5.26 Å². The highest BCUT2D eigenvalue weighted by molar-refractivity contribution is 7.98. The Morgan fingerprint density at radius 2 is 1.97 bits per heavy atom. The van der Waals surface area contributed by atoms with Gasteiger partial charge in [-0.3, -0.25) is 9.69 Å². The largest absolute Gasteiger partial charge is 0.369 e. The molecule has 6 heteroatoms. The normalized spacial score (nSPS) is 22.8. The number of nitrogens with one attached hydrogen (secondary N) is 1. The topological polar surface area (TPSA) is 59.4 Å². The molecule has 1 saturated heterocycles. The molecule has 0 unspecified atom stereocenters. The molecule has 1 aromatic rings. The van der Waals surface area contributed by atoms with E-state index >= 15 is 0 Å². The second-order valence-electron chi connectivity index (χ2n) is 8.26. The quantitative estimate of drug-likeness (QED) is 0.654. The van der Waals surface area contributed by atoms with Crippen LogP contribution in [0.3, 0.4) is 0 Å². The summed E-state index contributed by atoms with van der Waals surface area (Å²) in [4.78, 5) is 18.2. The average Bonchev–Trinajstić information content (AvgIpc) is 2.77. The van der Waals surface area contributed by atoms with Crippen LogP contribution in [0.25, 0.3) is 0 Å². The minimum atomic E-state index is 0.0379. The Bertz CT molecular complexity index is 688. The van der Waals surface area contributed by atoms with E-state index < -0.39 is 0 Å². The summed E-state index contributed by atoms with van der Waals surface area (Å²) < 4.78 is 0. The smallest absolute Gasteiger partial charge is 0.221 e. The third kappa shape index (κ3) is 6.94. The Morgan fingerprint density at radius 3 is 2.66 bits per heavy atom. The first-order valence-corrected chi connectivity index (χ1v) is 12.2. The summed E-state index contributed by atoms with van der Waals surface area (Å²) in [5.41, 5.74) is 1.35. The van der Waals surface area contributed by atoms with Gasteiger partial charge in [0.05, 0.1) is 6.07 Å². The Kier molecular flexibility index (Phi) is 8.69. The van der Waals surface area contributed by atoms with Crippen LogP contribution in [0.1, 0.15) is 44.9 Å². The molecule has 0 aromatic heterocycles. The number of anilines is 1. The number of thioether (sulfide) groups is 1. The van der Waals surface area contributed by atoms with Gasteiger partial charge in [0, 0.05) is 55.6 Å². The molecule has 3 rings (SSSR count). The van der Waals surface area contributed by atoms with Gasteiger partial charge >= 0.3 is 0 Å². The van der Waals surface area contributed by atoms with Crippen LogP contribution in [0, 0.1) is 17.2 Å². The monoisotopic (exact) mass is 414 g/mol. The van der Waals surface area contributed by atoms with Crippen LogP contribution in [0.5, 0.6) is 0 Å². The number of hydrogen-bond donors (Lipinski definition) is 1. The predicted octanol–water partition coefficient (Wildman–Crippen LogP) is 3.90. The molecule has 1 saturated carbocycles. The van der Waals surface area contributed by atoms with E-state index in [1.54, 1.807) is 11.8 Å². The zero-order chi connectivity index (χ0) is 20.5. The van der Waals surface area contributed by atoms with E-state index in [1.807, 2.05) is 6.07 Å². The molecule has 0 bridgehead atoms. The fraction of sp³-hybridized carbons (Fsp3) is 0.652. The van der Waals surface area contributed by atoms with E-state index in [9.17, 15) is 4.79 Å². The number of piperazine rings is 1. The Hall–Kier alpha value is -1.71. The molecule has 158 valence electrons. The van der Waals surface area contributed by atoms with E-state index in [1.165, 1.54) is 36.4 Å². The molecule has 29 heavy (non-hydrogen) atoms. The summed E-state index contributed by atoms with van der Waals surface area (Å²) in [6, 6.07) is 11.2. The summed E-state index contributed by atoms with van der Waals surface area (Å²) in [7, 11) is 0. The lowest BCUT2D eigenvalue weighted by atomic mass is 9.84. The van der Waals surface area contributed by atoms with Gasteiger partial charge in [-0.2, -0.15) is 5.26 Å². The molecular weight excluding hydrogens is 380 g/mol. The fourth-order valence-electron chi connectivity index (χ4n) is 4.47. The number of benzene rings is 1. The SMILES string of the molecule is CSc1cccc(N2CCN(CCC3CCC(NC(=O)CCC#N)CC3)CC2)c1. The lowest BCUT2D eigenvalue weighted by Gasteiger charge is -2.37. The lowest BCUT2D eigenvalue weighted by Crippen LogP contribution is -2.47. The summed E-state index contributed by atoms with van der Waals surface area (Å²) in [5, 5.41) is 11.7. The van der Waals surface area contributed by atoms with Crippen molar-refractivity contribution in [1.82, 2.24) is 10.2 Å². The van der Waals surface area contributed by atoms with Gasteiger partial charge in [-0.25, -0.2) is 0 Å². The van der Waals surface area contributed by atoms with Crippen molar-refractivity contribution in [2.45, 2.75) is 55.9 Å². The first-order valence-electron chi connectivity index (χ1n) is 11.0. The van der Waals surface area contributed by atoms with Gasteiger partial charge in [0.25, 0.3) is 0 Å². The van der Waals surface area contributed by atoms with Crippen LogP contribution in [0.15, 0.2) is 29.2 Å². The number of nitrogens with zero attached hydrogens (tertiary/aromatic N) is 3. The van der Waals surface area contributed by atoms with Crippen LogP contribution in [0.2, 0.25) is 0 Å². The highest BCUT2D eigenvalue weighted by atomic mass is 32.2. The van der Waals surface area contributed by atoms with Crippen molar-refractivity contribution in [3.8, 4) is 6.07 Å². The molecule has 1 amide bonds. The third-order valence-electron chi connectivity index (χ3n) is 6.32. The molecule has 1 aliphatic heterocycles. The van der Waals surface area contributed by atoms with Crippen molar-refractivity contribution >= 4 is 23.4 Å². The number of hydrogen-bond acceptors (Lipinski definition) is 5. The van der Waals surface area contributed by atoms with Gasteiger partial charge in [0.2, 0.25) is 5.91 Å². The zero-order valence-electron chi connectivity index (χ0n) is 17.6. The Morgan fingerprint density at radius 1 is 1.21 bits per heavy atom. The molecule has 0 atom stereocenters. The minimum absolute atomic E-state index is 0.0379. The molecule has 5 nitrogen and oxygen atoms in total. The van der Waals surface area contributed by atoms with Gasteiger partial charge in [0.1, 0.15) is 0 Å². The number of rotatable bonds is 8. The lowest BCUT2D eigenvalue weighted by molar-refractivity contribution is -0.122. The van der Waals surface area contributed by atoms with Crippen LogP contribution in [-0.4, -0.2) is 55.8 Å². The summed E-state index contributed by atoms with van der Waals surface area (Å²) in [6.45, 7) is 5.71. The highest BCUT2D eigenvalue weighted by Crippen LogP contribution is 2.28. The standard InChI is InChI=1S/C23H34N4OS/c1-29-22-5-2-4-21(18-22)27-16-14-26(15-17-27)13-11-19-7-9-20(10-8-19)25-23(28)6-3-12-24/h2,4-5,18-20H,3,6-11,13-17H2,1H3,(H,25,28). The van der Waals surface area contributed by atoms with Gasteiger partial charge in [-0.1, -0.05) is 6.07 Å². The Balaban J connectivity index is 1.32. The molecule has 1 aromatic carbocycles. The molecule has 2 fully saturated rings. The minimum Gasteiger partial charge on any atom is -0.369 e. The number of carbonyl (C=O) groups excluding carboxylic acids is 1. The maximum atomic E-state index is 11.8. The molecule has 1 N–H and O–H groups in total. The van der Waals surface area contributed by atoms with Crippen LogP contribution in [0.4, 0.5) is 5.69 Å². The second kappa shape index (κ2) is 11.5. The third-order valence-corrected chi connectivity index (χ3v) is 7.05. The first kappa shape index (κ1) is 22.0. The molecule has 0 radical (unpaired) electrons. The molecule has 2 aliphatic rings. The molecule has 1 aliphatic carbocycles. The van der Waals surface area contributed by atoms with E-state index in [-0.39, 0.29) is 5.91 Å². The van der Waals surface area contributed by atoms with E-state index in [4.69, 9.17) is 5.26 Å².